The van der Waals surface area contributed by atoms with Gasteiger partial charge in [-0.2, -0.15) is 0 Å². The average molecular weight is 280 g/mol. The number of nitro benzene ring substituents is 1. The van der Waals surface area contributed by atoms with Gasteiger partial charge in [0.2, 0.25) is 5.75 Å². The van der Waals surface area contributed by atoms with Gasteiger partial charge in [0.05, 0.1) is 4.92 Å². The summed E-state index contributed by atoms with van der Waals surface area (Å²) in [5.74, 6) is -1.31. The van der Waals surface area contributed by atoms with Crippen molar-refractivity contribution in [1.82, 2.24) is 0 Å². The zero-order valence-electron chi connectivity index (χ0n) is 10.2. The molecule has 0 bridgehead atoms. The van der Waals surface area contributed by atoms with Crippen LogP contribution in [0, 0.1) is 21.7 Å². The molecule has 0 spiro atoms. The van der Waals surface area contributed by atoms with E-state index in [4.69, 9.17) is 10.5 Å². The van der Waals surface area contributed by atoms with Gasteiger partial charge in [-0.1, -0.05) is 0 Å². The van der Waals surface area contributed by atoms with Crippen LogP contribution in [0.5, 0.6) is 11.5 Å². The van der Waals surface area contributed by atoms with Crippen LogP contribution in [0.1, 0.15) is 5.56 Å². The normalized spacial score (nSPS) is 10.3. The zero-order chi connectivity index (χ0) is 14.7. The molecule has 20 heavy (non-hydrogen) atoms. The van der Waals surface area contributed by atoms with Gasteiger partial charge >= 0.3 is 5.69 Å². The molecule has 0 aliphatic rings. The summed E-state index contributed by atoms with van der Waals surface area (Å²) < 4.78 is 31.5. The number of benzene rings is 2. The molecule has 7 heteroatoms. The van der Waals surface area contributed by atoms with Crippen LogP contribution in [0.2, 0.25) is 0 Å². The molecule has 2 aromatic carbocycles. The Hall–Kier alpha value is -2.54. The molecule has 0 saturated heterocycles. The van der Waals surface area contributed by atoms with Crippen molar-refractivity contribution in [3.05, 3.63) is 63.7 Å². The molecule has 0 aliphatic heterocycles. The van der Waals surface area contributed by atoms with E-state index < -0.39 is 22.2 Å². The van der Waals surface area contributed by atoms with Gasteiger partial charge in [-0.25, -0.2) is 8.78 Å². The molecule has 0 aliphatic carbocycles. The van der Waals surface area contributed by atoms with Crippen LogP contribution in [0.25, 0.3) is 0 Å². The molecule has 0 aromatic heterocycles. The van der Waals surface area contributed by atoms with E-state index in [0.717, 1.165) is 30.3 Å². The lowest BCUT2D eigenvalue weighted by Gasteiger charge is -2.10. The Balaban J connectivity index is 2.44. The van der Waals surface area contributed by atoms with E-state index >= 15 is 0 Å². The van der Waals surface area contributed by atoms with Crippen molar-refractivity contribution in [2.45, 2.75) is 6.54 Å². The Morgan fingerprint density at radius 3 is 2.40 bits per heavy atom. The molecule has 2 aromatic rings. The van der Waals surface area contributed by atoms with Crippen molar-refractivity contribution in [3.8, 4) is 11.5 Å². The van der Waals surface area contributed by atoms with Gasteiger partial charge in [-0.15, -0.1) is 0 Å². The first-order valence-electron chi connectivity index (χ1n) is 5.61. The third kappa shape index (κ3) is 2.89. The second-order valence-electron chi connectivity index (χ2n) is 3.93. The largest absolute Gasteiger partial charge is 0.450 e. The number of nitro groups is 1. The number of hydrogen-bond donors (Lipinski definition) is 1. The standard InChI is InChI=1S/C13H10F2N2O3/c14-9-2-4-12(8(5-9)7-16)20-13-6-10(15)1-3-11(13)17(18)19/h1-6H,7,16H2. The molecule has 104 valence electrons. The molecular formula is C13H10F2N2O3. The highest BCUT2D eigenvalue weighted by atomic mass is 19.1. The highest BCUT2D eigenvalue weighted by Crippen LogP contribution is 2.33. The summed E-state index contributed by atoms with van der Waals surface area (Å²) in [5, 5.41) is 10.9. The van der Waals surface area contributed by atoms with Crippen LogP contribution in [0.3, 0.4) is 0 Å². The fourth-order valence-corrected chi connectivity index (χ4v) is 1.65. The average Bonchev–Trinajstić information content (AvgIpc) is 2.40. The monoisotopic (exact) mass is 280 g/mol. The zero-order valence-corrected chi connectivity index (χ0v) is 10.2. The fourth-order valence-electron chi connectivity index (χ4n) is 1.65. The van der Waals surface area contributed by atoms with Gasteiger partial charge in [0.25, 0.3) is 0 Å². The van der Waals surface area contributed by atoms with E-state index in [1.54, 1.807) is 0 Å². The number of rotatable bonds is 4. The lowest BCUT2D eigenvalue weighted by Crippen LogP contribution is -2.01. The first-order valence-corrected chi connectivity index (χ1v) is 5.61. The van der Waals surface area contributed by atoms with Crippen LogP contribution in [-0.4, -0.2) is 4.92 Å². The van der Waals surface area contributed by atoms with Crippen molar-refractivity contribution in [2.75, 3.05) is 0 Å². The van der Waals surface area contributed by atoms with Crippen molar-refractivity contribution >= 4 is 5.69 Å². The Morgan fingerprint density at radius 1 is 1.10 bits per heavy atom. The van der Waals surface area contributed by atoms with E-state index in [1.165, 1.54) is 6.07 Å². The van der Waals surface area contributed by atoms with Gasteiger partial charge < -0.3 is 10.5 Å². The third-order valence-electron chi connectivity index (χ3n) is 2.58. The van der Waals surface area contributed by atoms with Crippen LogP contribution in [-0.2, 0) is 6.54 Å². The molecule has 0 heterocycles. The summed E-state index contributed by atoms with van der Waals surface area (Å²) in [7, 11) is 0. The van der Waals surface area contributed by atoms with Gasteiger partial charge in [-0.3, -0.25) is 10.1 Å². The highest BCUT2D eigenvalue weighted by molar-refractivity contribution is 5.49. The third-order valence-corrected chi connectivity index (χ3v) is 2.58. The molecule has 0 amide bonds. The Bertz CT molecular complexity index is 662. The van der Waals surface area contributed by atoms with Crippen molar-refractivity contribution in [2.24, 2.45) is 5.73 Å². The van der Waals surface area contributed by atoms with E-state index in [-0.39, 0.29) is 18.0 Å². The molecule has 5 nitrogen and oxygen atoms in total. The summed E-state index contributed by atoms with van der Waals surface area (Å²) in [5.41, 5.74) is 5.38. The summed E-state index contributed by atoms with van der Waals surface area (Å²) in [4.78, 5) is 10.2. The van der Waals surface area contributed by atoms with Gasteiger partial charge in [0.15, 0.2) is 0 Å². The summed E-state index contributed by atoms with van der Waals surface area (Å²) in [6, 6.07) is 6.41. The Kier molecular flexibility index (Phi) is 3.90. The van der Waals surface area contributed by atoms with Crippen molar-refractivity contribution in [3.63, 3.8) is 0 Å². The summed E-state index contributed by atoms with van der Waals surface area (Å²) in [6.07, 6.45) is 0. The van der Waals surface area contributed by atoms with Crippen molar-refractivity contribution in [1.29, 1.82) is 0 Å². The fraction of sp³-hybridized carbons (Fsp3) is 0.0769. The number of nitrogens with two attached hydrogens (primary N) is 1. The maximum absolute atomic E-state index is 13.2. The number of ether oxygens (including phenoxy) is 1. The lowest BCUT2D eigenvalue weighted by atomic mass is 10.2. The number of halogens is 2. The molecule has 2 N–H and O–H groups in total. The van der Waals surface area contributed by atoms with E-state index in [0.29, 0.717) is 5.56 Å². The van der Waals surface area contributed by atoms with E-state index in [1.807, 2.05) is 0 Å². The first-order chi connectivity index (χ1) is 9.51. The van der Waals surface area contributed by atoms with Crippen LogP contribution in [0.4, 0.5) is 14.5 Å². The summed E-state index contributed by atoms with van der Waals surface area (Å²) in [6.45, 7) is -0.0177. The quantitative estimate of drug-likeness (QED) is 0.689. The molecule has 0 fully saturated rings. The molecule has 0 radical (unpaired) electrons. The number of hydrogen-bond acceptors (Lipinski definition) is 4. The van der Waals surface area contributed by atoms with Gasteiger partial charge in [-0.05, 0) is 24.3 Å². The second-order valence-corrected chi connectivity index (χ2v) is 3.93. The maximum Gasteiger partial charge on any atom is 0.311 e. The molecule has 0 atom stereocenters. The first kappa shape index (κ1) is 13.9. The molecule has 0 unspecified atom stereocenters. The predicted molar refractivity (Wildman–Crippen MR) is 67.4 cm³/mol. The van der Waals surface area contributed by atoms with E-state index in [2.05, 4.69) is 0 Å². The highest BCUT2D eigenvalue weighted by Gasteiger charge is 2.18. The summed E-state index contributed by atoms with van der Waals surface area (Å²) >= 11 is 0. The lowest BCUT2D eigenvalue weighted by molar-refractivity contribution is -0.385. The Labute approximate surface area is 112 Å². The van der Waals surface area contributed by atoms with E-state index in [9.17, 15) is 18.9 Å². The van der Waals surface area contributed by atoms with Crippen LogP contribution >= 0.6 is 0 Å². The minimum atomic E-state index is -0.694. The molecule has 2 rings (SSSR count). The smallest absolute Gasteiger partial charge is 0.311 e. The topological polar surface area (TPSA) is 78.4 Å². The minimum absolute atomic E-state index is 0.0177. The predicted octanol–water partition coefficient (Wildman–Crippen LogP) is 3.12. The van der Waals surface area contributed by atoms with Gasteiger partial charge in [0.1, 0.15) is 17.4 Å². The van der Waals surface area contributed by atoms with Crippen LogP contribution in [0.15, 0.2) is 36.4 Å². The molecular weight excluding hydrogens is 270 g/mol. The maximum atomic E-state index is 13.2. The Morgan fingerprint density at radius 2 is 1.75 bits per heavy atom. The van der Waals surface area contributed by atoms with Crippen LogP contribution < -0.4 is 10.5 Å². The van der Waals surface area contributed by atoms with Gasteiger partial charge in [0, 0.05) is 24.2 Å². The molecule has 0 saturated carbocycles. The SMILES string of the molecule is NCc1cc(F)ccc1Oc1cc(F)ccc1[N+](=O)[O-]. The second kappa shape index (κ2) is 5.62. The number of nitrogens with zero attached hydrogens (tertiary/aromatic N) is 1. The van der Waals surface area contributed by atoms with Crippen molar-refractivity contribution < 1.29 is 18.4 Å². The minimum Gasteiger partial charge on any atom is -0.450 e.